The molecule has 4 aromatic rings. The third-order valence-electron chi connectivity index (χ3n) is 5.31. The zero-order valence-electron chi connectivity index (χ0n) is 16.6. The quantitative estimate of drug-likeness (QED) is 0.445. The first kappa shape index (κ1) is 24.5. The topological polar surface area (TPSA) is 94.0 Å². The van der Waals surface area contributed by atoms with Crippen LogP contribution in [-0.2, 0) is 13.0 Å². The molecule has 0 bridgehead atoms. The lowest BCUT2D eigenvalue weighted by Crippen LogP contribution is -2.21. The second-order valence-corrected chi connectivity index (χ2v) is 7.03. The van der Waals surface area contributed by atoms with E-state index in [9.17, 15) is 0 Å². The molecule has 2 aromatic carbocycles. The molecule has 0 amide bonds. The number of fused-ring (bicyclic) bond motifs is 2. The summed E-state index contributed by atoms with van der Waals surface area (Å²) in [6, 6.07) is 17.1. The van der Waals surface area contributed by atoms with Crippen LogP contribution in [-0.4, -0.2) is 21.5 Å². The van der Waals surface area contributed by atoms with Crippen molar-refractivity contribution in [3.05, 3.63) is 72.1 Å². The van der Waals surface area contributed by atoms with Gasteiger partial charge in [0, 0.05) is 42.1 Å². The van der Waals surface area contributed by atoms with Crippen LogP contribution in [0.25, 0.3) is 22.0 Å². The van der Waals surface area contributed by atoms with Crippen LogP contribution < -0.4 is 16.4 Å². The van der Waals surface area contributed by atoms with Crippen LogP contribution in [0.2, 0.25) is 0 Å². The monoisotopic (exact) mass is 476 g/mol. The van der Waals surface area contributed by atoms with Crippen molar-refractivity contribution in [3.8, 4) is 11.1 Å². The van der Waals surface area contributed by atoms with Crippen LogP contribution in [0.5, 0.6) is 0 Å². The number of anilines is 3. The van der Waals surface area contributed by atoms with Crippen molar-refractivity contribution in [1.82, 2.24) is 15.0 Å². The molecule has 0 saturated carbocycles. The van der Waals surface area contributed by atoms with Gasteiger partial charge in [-0.25, -0.2) is 4.98 Å². The Labute approximate surface area is 199 Å². The second-order valence-electron chi connectivity index (χ2n) is 7.03. The van der Waals surface area contributed by atoms with Crippen LogP contribution in [0.4, 0.5) is 17.5 Å². The number of hydrogen-bond acceptors (Lipinski definition) is 6. The average Bonchev–Trinajstić information content (AvgIpc) is 3.11. The average molecular weight is 478 g/mol. The summed E-state index contributed by atoms with van der Waals surface area (Å²) in [4.78, 5) is 14.9. The first-order valence-electron chi connectivity index (χ1n) is 9.28. The number of nitrogens with two attached hydrogens (primary N) is 2. The van der Waals surface area contributed by atoms with Gasteiger partial charge in [0.05, 0.1) is 5.52 Å². The van der Waals surface area contributed by atoms with Gasteiger partial charge in [-0.2, -0.15) is 4.98 Å². The zero-order chi connectivity index (χ0) is 19.1. The fraction of sp³-hybridized carbons (Fsp3) is 0.136. The highest BCUT2D eigenvalue weighted by molar-refractivity contribution is 5.95. The molecule has 2 aromatic heterocycles. The van der Waals surface area contributed by atoms with Gasteiger partial charge in [-0.05, 0) is 47.4 Å². The molecule has 4 N–H and O–H groups in total. The number of aromatic nitrogens is 3. The normalized spacial score (nSPS) is 11.8. The van der Waals surface area contributed by atoms with E-state index in [4.69, 9.17) is 11.5 Å². The van der Waals surface area contributed by atoms with Crippen LogP contribution >= 0.6 is 37.2 Å². The minimum absolute atomic E-state index is 0. The van der Waals surface area contributed by atoms with E-state index < -0.39 is 0 Å². The van der Waals surface area contributed by atoms with Gasteiger partial charge in [0.1, 0.15) is 5.82 Å². The molecule has 1 aliphatic rings. The summed E-state index contributed by atoms with van der Waals surface area (Å²) in [6.07, 6.45) is 4.55. The first-order chi connectivity index (χ1) is 13.7. The van der Waals surface area contributed by atoms with Gasteiger partial charge in [-0.15, -0.1) is 37.2 Å². The maximum Gasteiger partial charge on any atom is 0.221 e. The Kier molecular flexibility index (Phi) is 7.90. The molecule has 162 valence electrons. The van der Waals surface area contributed by atoms with E-state index in [2.05, 4.69) is 56.3 Å². The molecule has 3 heterocycles. The van der Waals surface area contributed by atoms with E-state index in [1.165, 1.54) is 27.8 Å². The minimum atomic E-state index is 0. The maximum absolute atomic E-state index is 6.01. The molecule has 5 rings (SSSR count). The predicted octanol–water partition coefficient (Wildman–Crippen LogP) is 4.68. The molecule has 31 heavy (non-hydrogen) atoms. The fourth-order valence-electron chi connectivity index (χ4n) is 3.92. The predicted molar refractivity (Wildman–Crippen MR) is 135 cm³/mol. The van der Waals surface area contributed by atoms with E-state index in [-0.39, 0.29) is 43.2 Å². The molecule has 0 spiro atoms. The van der Waals surface area contributed by atoms with Crippen molar-refractivity contribution < 1.29 is 0 Å². The lowest BCUT2D eigenvalue weighted by atomic mass is 9.98. The van der Waals surface area contributed by atoms with Crippen molar-refractivity contribution in [2.45, 2.75) is 13.0 Å². The molecule has 0 fully saturated rings. The van der Waals surface area contributed by atoms with Crippen molar-refractivity contribution >= 4 is 65.6 Å². The molecule has 0 saturated heterocycles. The molecule has 6 nitrogen and oxygen atoms in total. The van der Waals surface area contributed by atoms with E-state index in [1.54, 1.807) is 6.20 Å². The van der Waals surface area contributed by atoms with Crippen molar-refractivity contribution in [3.63, 3.8) is 0 Å². The Hall–Kier alpha value is -2.80. The van der Waals surface area contributed by atoms with Crippen LogP contribution in [0.3, 0.4) is 0 Å². The summed E-state index contributed by atoms with van der Waals surface area (Å²) in [6.45, 7) is 1.62. The number of nitrogen functional groups attached to an aromatic ring is 2. The van der Waals surface area contributed by atoms with Crippen LogP contribution in [0.1, 0.15) is 11.1 Å². The molecule has 0 unspecified atom stereocenters. The van der Waals surface area contributed by atoms with E-state index >= 15 is 0 Å². The number of rotatable bonds is 3. The zero-order valence-corrected chi connectivity index (χ0v) is 19.0. The van der Waals surface area contributed by atoms with Crippen molar-refractivity contribution in [2.75, 3.05) is 22.9 Å². The number of halogens is 3. The van der Waals surface area contributed by atoms with Gasteiger partial charge in [-0.1, -0.05) is 24.3 Å². The van der Waals surface area contributed by atoms with Gasteiger partial charge in [0.15, 0.2) is 0 Å². The number of pyridine rings is 1. The molecular weight excluding hydrogens is 455 g/mol. The number of benzene rings is 2. The highest BCUT2D eigenvalue weighted by Gasteiger charge is 2.21. The molecular formula is C22H23Cl3N6. The third kappa shape index (κ3) is 4.61. The summed E-state index contributed by atoms with van der Waals surface area (Å²) >= 11 is 0. The standard InChI is InChI=1S/C22H20N6.3ClH/c23-21-16(12-26-22(24)27-21)13-28-10-8-15-11-14(6-7-20(15)28)17-3-1-5-19-18(17)4-2-9-25-19;;;/h1-7,9,11-12H,8,10,13H2,(H4,23,24,26,27);3*1H. The summed E-state index contributed by atoms with van der Waals surface area (Å²) in [5.41, 5.74) is 18.5. The summed E-state index contributed by atoms with van der Waals surface area (Å²) in [5, 5.41) is 1.17. The fourth-order valence-corrected chi connectivity index (χ4v) is 3.92. The minimum Gasteiger partial charge on any atom is -0.383 e. The summed E-state index contributed by atoms with van der Waals surface area (Å²) in [7, 11) is 0. The Morgan fingerprint density at radius 3 is 2.58 bits per heavy atom. The van der Waals surface area contributed by atoms with Gasteiger partial charge >= 0.3 is 0 Å². The van der Waals surface area contributed by atoms with E-state index in [1.807, 2.05) is 18.3 Å². The Morgan fingerprint density at radius 2 is 1.77 bits per heavy atom. The summed E-state index contributed by atoms with van der Waals surface area (Å²) < 4.78 is 0. The van der Waals surface area contributed by atoms with Crippen LogP contribution in [0.15, 0.2) is 60.9 Å². The van der Waals surface area contributed by atoms with Gasteiger partial charge in [0.2, 0.25) is 5.95 Å². The molecule has 1 aliphatic heterocycles. The SMILES string of the molecule is Cl.Cl.Cl.Nc1ncc(CN2CCc3cc(-c4cccc5ncccc45)ccc32)c(N)n1. The number of nitrogens with zero attached hydrogens (tertiary/aromatic N) is 4. The highest BCUT2D eigenvalue weighted by Crippen LogP contribution is 2.35. The second kappa shape index (κ2) is 10.0. The third-order valence-corrected chi connectivity index (χ3v) is 5.31. The lowest BCUT2D eigenvalue weighted by molar-refractivity contribution is 0.830. The van der Waals surface area contributed by atoms with E-state index in [0.29, 0.717) is 12.4 Å². The number of hydrogen-bond donors (Lipinski definition) is 2. The van der Waals surface area contributed by atoms with Crippen molar-refractivity contribution in [1.29, 1.82) is 0 Å². The highest BCUT2D eigenvalue weighted by atomic mass is 35.5. The van der Waals surface area contributed by atoms with Crippen molar-refractivity contribution in [2.24, 2.45) is 0 Å². The van der Waals surface area contributed by atoms with E-state index in [0.717, 1.165) is 24.0 Å². The smallest absolute Gasteiger partial charge is 0.221 e. The molecule has 0 aliphatic carbocycles. The first-order valence-corrected chi connectivity index (χ1v) is 9.28. The lowest BCUT2D eigenvalue weighted by Gasteiger charge is -2.20. The molecule has 9 heteroatoms. The summed E-state index contributed by atoms with van der Waals surface area (Å²) in [5.74, 6) is 0.651. The Balaban J connectivity index is 0.00000114. The Morgan fingerprint density at radius 1 is 0.935 bits per heavy atom. The Bertz CT molecular complexity index is 1200. The maximum atomic E-state index is 6.01. The van der Waals surface area contributed by atoms with Gasteiger partial charge < -0.3 is 16.4 Å². The largest absolute Gasteiger partial charge is 0.383 e. The van der Waals surface area contributed by atoms with Crippen LogP contribution in [0, 0.1) is 0 Å². The molecule has 0 atom stereocenters. The molecule has 0 radical (unpaired) electrons. The van der Waals surface area contributed by atoms with Gasteiger partial charge in [-0.3, -0.25) is 4.98 Å². The van der Waals surface area contributed by atoms with Gasteiger partial charge in [0.25, 0.3) is 0 Å².